The average molecular weight is 638 g/mol. The van der Waals surface area contributed by atoms with Crippen molar-refractivity contribution in [2.75, 3.05) is 4.90 Å². The minimum atomic E-state index is 0. The van der Waals surface area contributed by atoms with Crippen molar-refractivity contribution in [1.82, 2.24) is 14.2 Å². The van der Waals surface area contributed by atoms with E-state index >= 15 is 0 Å². The van der Waals surface area contributed by atoms with Crippen molar-refractivity contribution in [2.24, 2.45) is 0 Å². The number of hydrogen-bond donors (Lipinski definition) is 0. The van der Waals surface area contributed by atoms with Crippen LogP contribution in [0.1, 0.15) is 0 Å². The third kappa shape index (κ3) is 4.21. The molecule has 0 fully saturated rings. The second-order valence-electron chi connectivity index (χ2n) is 7.52. The van der Waals surface area contributed by atoms with E-state index in [0.29, 0.717) is 0 Å². The first-order valence-electron chi connectivity index (χ1n) is 10.6. The van der Waals surface area contributed by atoms with Crippen molar-refractivity contribution in [3.05, 3.63) is 122 Å². The van der Waals surface area contributed by atoms with E-state index in [9.17, 15) is 0 Å². The summed E-state index contributed by atoms with van der Waals surface area (Å²) in [6.07, 6.45) is 3.69. The maximum atomic E-state index is 4.73. The Morgan fingerprint density at radius 1 is 0.735 bits per heavy atom. The first-order valence-corrected chi connectivity index (χ1v) is 11.4. The van der Waals surface area contributed by atoms with Crippen LogP contribution in [0.4, 0.5) is 17.1 Å². The Hall–Kier alpha value is -3.53. The summed E-state index contributed by atoms with van der Waals surface area (Å²) in [7, 11) is 0. The first kappa shape index (κ1) is 22.3. The monoisotopic (exact) mass is 637 g/mol. The molecule has 2 aromatic heterocycles. The number of anilines is 3. The Morgan fingerprint density at radius 2 is 1.50 bits per heavy atom. The van der Waals surface area contributed by atoms with Crippen LogP contribution in [0.2, 0.25) is 0 Å². The summed E-state index contributed by atoms with van der Waals surface area (Å²) in [5.41, 5.74) is 5.66. The standard InChI is InChI=1S/C28H18N4S.Pt/c1-2-10-22(11-3-1)32(25-14-7-12-23(20-25)31-18-8-17-29-31)24-13-6-9-21(19-24)28-26-15-4-5-16-27(26)33-30-28;/h1-18H;/q-2;+2. The molecule has 34 heavy (non-hydrogen) atoms. The van der Waals surface area contributed by atoms with Gasteiger partial charge < -0.3 is 4.90 Å². The topological polar surface area (TPSA) is 34.0 Å². The van der Waals surface area contributed by atoms with Crippen LogP contribution < -0.4 is 4.90 Å². The van der Waals surface area contributed by atoms with Gasteiger partial charge >= 0.3 is 21.1 Å². The summed E-state index contributed by atoms with van der Waals surface area (Å²) in [5.74, 6) is 0. The molecule has 0 unspecified atom stereocenters. The smallest absolute Gasteiger partial charge is 0.352 e. The number of nitrogens with zero attached hydrogens (tertiary/aromatic N) is 4. The van der Waals surface area contributed by atoms with Gasteiger partial charge in [0.1, 0.15) is 0 Å². The second-order valence-corrected chi connectivity index (χ2v) is 8.32. The molecule has 0 spiro atoms. The third-order valence-corrected chi connectivity index (χ3v) is 6.25. The van der Waals surface area contributed by atoms with Crippen LogP contribution >= 0.6 is 11.5 Å². The quantitative estimate of drug-likeness (QED) is 0.187. The third-order valence-electron chi connectivity index (χ3n) is 5.42. The fourth-order valence-corrected chi connectivity index (χ4v) is 4.70. The molecular formula is C28H18N4PtS. The van der Waals surface area contributed by atoms with E-state index in [-0.39, 0.29) is 21.1 Å². The predicted molar refractivity (Wildman–Crippen MR) is 135 cm³/mol. The molecule has 0 aliphatic heterocycles. The fourth-order valence-electron chi connectivity index (χ4n) is 3.91. The van der Waals surface area contributed by atoms with E-state index in [2.05, 4.69) is 76.7 Å². The van der Waals surface area contributed by atoms with E-state index in [1.165, 1.54) is 16.2 Å². The number of hydrogen-bond acceptors (Lipinski definition) is 4. The minimum Gasteiger partial charge on any atom is -0.352 e. The van der Waals surface area contributed by atoms with Gasteiger partial charge in [-0.1, -0.05) is 42.1 Å². The van der Waals surface area contributed by atoms with Crippen molar-refractivity contribution in [3.63, 3.8) is 0 Å². The molecule has 4 aromatic carbocycles. The van der Waals surface area contributed by atoms with E-state index in [0.717, 1.165) is 39.4 Å². The molecule has 0 bridgehead atoms. The van der Waals surface area contributed by atoms with Crippen molar-refractivity contribution < 1.29 is 21.1 Å². The van der Waals surface area contributed by atoms with Crippen LogP contribution in [-0.2, 0) is 21.1 Å². The van der Waals surface area contributed by atoms with E-state index in [1.54, 1.807) is 6.20 Å². The van der Waals surface area contributed by atoms with Crippen LogP contribution in [0.15, 0.2) is 109 Å². The normalized spacial score (nSPS) is 10.7. The second kappa shape index (κ2) is 9.76. The summed E-state index contributed by atoms with van der Waals surface area (Å²) in [6, 6.07) is 39.9. The zero-order chi connectivity index (χ0) is 22.0. The van der Waals surface area contributed by atoms with Gasteiger partial charge in [-0.3, -0.25) is 4.68 Å². The van der Waals surface area contributed by atoms with Gasteiger partial charge in [-0.15, -0.1) is 48.0 Å². The summed E-state index contributed by atoms with van der Waals surface area (Å²) in [5, 5.41) is 5.51. The van der Waals surface area contributed by atoms with Gasteiger partial charge in [0, 0.05) is 28.5 Å². The Morgan fingerprint density at radius 3 is 2.32 bits per heavy atom. The van der Waals surface area contributed by atoms with Crippen LogP contribution in [0.25, 0.3) is 27.0 Å². The minimum absolute atomic E-state index is 0. The molecular weight excluding hydrogens is 619 g/mol. The zero-order valence-electron chi connectivity index (χ0n) is 17.9. The Balaban J connectivity index is 0.00000241. The van der Waals surface area contributed by atoms with Crippen LogP contribution in [-0.4, -0.2) is 14.2 Å². The van der Waals surface area contributed by atoms with Gasteiger partial charge in [-0.2, -0.15) is 11.2 Å². The van der Waals surface area contributed by atoms with E-state index < -0.39 is 0 Å². The summed E-state index contributed by atoms with van der Waals surface area (Å²) >= 11 is 1.52. The molecule has 0 saturated carbocycles. The molecule has 0 saturated heterocycles. The molecule has 6 heteroatoms. The molecule has 0 aliphatic rings. The Bertz CT molecular complexity index is 1530. The van der Waals surface area contributed by atoms with Gasteiger partial charge in [0.2, 0.25) is 0 Å². The Kier molecular flexibility index (Phi) is 6.39. The first-order chi connectivity index (χ1) is 16.4. The van der Waals surface area contributed by atoms with Crippen molar-refractivity contribution in [1.29, 1.82) is 0 Å². The van der Waals surface area contributed by atoms with Crippen LogP contribution in [0.3, 0.4) is 0 Å². The maximum Gasteiger partial charge on any atom is 2.00 e. The van der Waals surface area contributed by atoms with Gasteiger partial charge in [0.05, 0.1) is 0 Å². The summed E-state index contributed by atoms with van der Waals surface area (Å²) in [4.78, 5) is 2.16. The van der Waals surface area contributed by atoms with Crippen molar-refractivity contribution in [3.8, 4) is 16.9 Å². The van der Waals surface area contributed by atoms with Gasteiger partial charge in [-0.25, -0.2) is 4.37 Å². The van der Waals surface area contributed by atoms with Crippen molar-refractivity contribution in [2.45, 2.75) is 0 Å². The van der Waals surface area contributed by atoms with E-state index in [1.807, 2.05) is 53.3 Å². The van der Waals surface area contributed by atoms with Gasteiger partial charge in [-0.05, 0) is 52.6 Å². The molecule has 0 radical (unpaired) electrons. The number of benzene rings is 4. The van der Waals surface area contributed by atoms with Crippen LogP contribution in [0, 0.1) is 12.1 Å². The SMILES string of the molecule is [Pt+2].[c-]1c(-c2nsc3ccccc23)cccc1N(c1[c-]c(-n2cccn2)ccc1)c1ccccc1. The molecule has 4 nitrogen and oxygen atoms in total. The summed E-state index contributed by atoms with van der Waals surface area (Å²) < 4.78 is 7.72. The average Bonchev–Trinajstić information content (AvgIpc) is 3.56. The van der Waals surface area contributed by atoms with Crippen molar-refractivity contribution >= 4 is 38.7 Å². The molecule has 2 heterocycles. The zero-order valence-corrected chi connectivity index (χ0v) is 21.0. The van der Waals surface area contributed by atoms with Gasteiger partial charge in [0.25, 0.3) is 0 Å². The molecule has 6 aromatic rings. The molecule has 6 rings (SSSR count). The molecule has 0 amide bonds. The molecule has 166 valence electrons. The van der Waals surface area contributed by atoms with Gasteiger partial charge in [0.15, 0.2) is 0 Å². The number of para-hydroxylation sites is 1. The van der Waals surface area contributed by atoms with Crippen LogP contribution in [0.5, 0.6) is 0 Å². The summed E-state index contributed by atoms with van der Waals surface area (Å²) in [6.45, 7) is 0. The largest absolute Gasteiger partial charge is 2.00 e. The number of fused-ring (bicyclic) bond motifs is 1. The molecule has 0 atom stereocenters. The van der Waals surface area contributed by atoms with E-state index in [4.69, 9.17) is 4.37 Å². The number of rotatable bonds is 5. The maximum absolute atomic E-state index is 4.73. The fraction of sp³-hybridized carbons (Fsp3) is 0. The Labute approximate surface area is 216 Å². The molecule has 0 aliphatic carbocycles. The number of aromatic nitrogens is 3. The predicted octanol–water partition coefficient (Wildman–Crippen LogP) is 7.22. The molecule has 0 N–H and O–H groups in total.